The first-order valence-electron chi connectivity index (χ1n) is 10.6. The number of pyridine rings is 1. The minimum atomic E-state index is 0.0879. The number of rotatable bonds is 5. The molecule has 0 radical (unpaired) electrons. The van der Waals surface area contributed by atoms with Gasteiger partial charge in [-0.2, -0.15) is 0 Å². The second-order valence-electron chi connectivity index (χ2n) is 8.81. The summed E-state index contributed by atoms with van der Waals surface area (Å²) in [6.07, 6.45) is 7.18. The SMILES string of the molecule is Cc1cc([C@H]2[C@@H](c3ccccn3)NC(=S)N2CC(C)C)c(C)n1C1CCCC1. The van der Waals surface area contributed by atoms with E-state index in [1.807, 2.05) is 12.3 Å². The molecule has 150 valence electrons. The molecule has 5 heteroatoms. The van der Waals surface area contributed by atoms with Crippen LogP contribution in [0.5, 0.6) is 0 Å². The van der Waals surface area contributed by atoms with Crippen molar-refractivity contribution < 1.29 is 0 Å². The van der Waals surface area contributed by atoms with Crippen LogP contribution in [-0.2, 0) is 0 Å². The van der Waals surface area contributed by atoms with E-state index in [0.29, 0.717) is 12.0 Å². The van der Waals surface area contributed by atoms with E-state index in [4.69, 9.17) is 12.2 Å². The summed E-state index contributed by atoms with van der Waals surface area (Å²) < 4.78 is 2.59. The predicted octanol–water partition coefficient (Wildman–Crippen LogP) is 5.24. The Kier molecular flexibility index (Phi) is 5.46. The van der Waals surface area contributed by atoms with E-state index in [0.717, 1.165) is 17.4 Å². The fraction of sp³-hybridized carbons (Fsp3) is 0.565. The average Bonchev–Trinajstić information content (AvgIpc) is 3.35. The maximum atomic E-state index is 5.78. The third-order valence-electron chi connectivity index (χ3n) is 6.29. The lowest BCUT2D eigenvalue weighted by Crippen LogP contribution is -2.33. The third-order valence-corrected chi connectivity index (χ3v) is 6.64. The molecule has 0 bridgehead atoms. The number of hydrogen-bond acceptors (Lipinski definition) is 2. The molecule has 0 amide bonds. The van der Waals surface area contributed by atoms with Crippen LogP contribution in [0, 0.1) is 19.8 Å². The van der Waals surface area contributed by atoms with E-state index in [2.05, 4.69) is 65.7 Å². The number of nitrogens with zero attached hydrogens (tertiary/aromatic N) is 3. The van der Waals surface area contributed by atoms with Gasteiger partial charge in [0.1, 0.15) is 0 Å². The fourth-order valence-electron chi connectivity index (χ4n) is 5.16. The summed E-state index contributed by atoms with van der Waals surface area (Å²) >= 11 is 5.78. The van der Waals surface area contributed by atoms with Gasteiger partial charge in [0.25, 0.3) is 0 Å². The number of thiocarbonyl (C=S) groups is 1. The summed E-state index contributed by atoms with van der Waals surface area (Å²) in [5, 5.41) is 4.43. The van der Waals surface area contributed by atoms with Crippen molar-refractivity contribution in [1.29, 1.82) is 0 Å². The number of aromatic nitrogens is 2. The summed E-state index contributed by atoms with van der Waals surface area (Å²) in [5.74, 6) is 0.544. The zero-order valence-electron chi connectivity index (χ0n) is 17.5. The molecule has 0 spiro atoms. The summed E-state index contributed by atoms with van der Waals surface area (Å²) in [6, 6.07) is 9.48. The molecule has 2 aromatic rings. The normalized spacial score (nSPS) is 23.0. The second kappa shape index (κ2) is 7.86. The smallest absolute Gasteiger partial charge is 0.170 e. The molecular weight excluding hydrogens is 364 g/mol. The first-order valence-corrected chi connectivity index (χ1v) is 11.0. The van der Waals surface area contributed by atoms with E-state index >= 15 is 0 Å². The molecule has 2 atom stereocenters. The molecule has 2 aliphatic rings. The predicted molar refractivity (Wildman–Crippen MR) is 118 cm³/mol. The Hall–Kier alpha value is -1.88. The highest BCUT2D eigenvalue weighted by molar-refractivity contribution is 7.80. The van der Waals surface area contributed by atoms with Crippen LogP contribution >= 0.6 is 12.2 Å². The molecule has 1 N–H and O–H groups in total. The maximum absolute atomic E-state index is 5.78. The maximum Gasteiger partial charge on any atom is 0.170 e. The van der Waals surface area contributed by atoms with E-state index in [1.54, 1.807) is 0 Å². The summed E-state index contributed by atoms with van der Waals surface area (Å²) in [4.78, 5) is 7.05. The quantitative estimate of drug-likeness (QED) is 0.700. The Morgan fingerprint density at radius 1 is 1.21 bits per heavy atom. The second-order valence-corrected chi connectivity index (χ2v) is 9.19. The van der Waals surface area contributed by atoms with Crippen LogP contribution in [0.3, 0.4) is 0 Å². The molecule has 4 rings (SSSR count). The standard InChI is InChI=1S/C23H32N4S/c1-15(2)14-26-22(21(25-23(26)28)20-11-7-8-12-24-20)19-13-16(3)27(17(19)4)18-9-5-6-10-18/h7-8,11-13,15,18,21-22H,5-6,9-10,14H2,1-4H3,(H,25,28)/t21-,22+/m1/s1. The first-order chi connectivity index (χ1) is 13.5. The van der Waals surface area contributed by atoms with E-state index < -0.39 is 0 Å². The summed E-state index contributed by atoms with van der Waals surface area (Å²) in [6.45, 7) is 10.0. The van der Waals surface area contributed by atoms with Crippen molar-refractivity contribution in [3.05, 3.63) is 53.1 Å². The van der Waals surface area contributed by atoms with Crippen molar-refractivity contribution in [2.45, 2.75) is 71.5 Å². The van der Waals surface area contributed by atoms with Crippen molar-refractivity contribution in [1.82, 2.24) is 19.8 Å². The summed E-state index contributed by atoms with van der Waals surface area (Å²) in [7, 11) is 0. The Labute approximate surface area is 174 Å². The largest absolute Gasteiger partial charge is 0.352 e. The lowest BCUT2D eigenvalue weighted by molar-refractivity contribution is 0.286. The van der Waals surface area contributed by atoms with Gasteiger partial charge in [0.2, 0.25) is 0 Å². The topological polar surface area (TPSA) is 33.1 Å². The number of hydrogen-bond donors (Lipinski definition) is 1. The van der Waals surface area contributed by atoms with Gasteiger partial charge >= 0.3 is 0 Å². The van der Waals surface area contributed by atoms with E-state index in [9.17, 15) is 0 Å². The van der Waals surface area contributed by atoms with Gasteiger partial charge in [0.05, 0.1) is 17.8 Å². The van der Waals surface area contributed by atoms with Gasteiger partial charge in [0.15, 0.2) is 5.11 Å². The Balaban J connectivity index is 1.78. The van der Waals surface area contributed by atoms with Crippen LogP contribution in [0.25, 0.3) is 0 Å². The molecule has 1 aliphatic carbocycles. The molecule has 4 nitrogen and oxygen atoms in total. The van der Waals surface area contributed by atoms with Gasteiger partial charge in [-0.05, 0) is 68.6 Å². The summed E-state index contributed by atoms with van der Waals surface area (Å²) in [5.41, 5.74) is 5.23. The molecule has 1 saturated heterocycles. The highest BCUT2D eigenvalue weighted by Crippen LogP contribution is 2.43. The van der Waals surface area contributed by atoms with Crippen molar-refractivity contribution in [3.63, 3.8) is 0 Å². The van der Waals surface area contributed by atoms with Crippen molar-refractivity contribution in [3.8, 4) is 0 Å². The van der Waals surface area contributed by atoms with Gasteiger partial charge in [0, 0.05) is 30.2 Å². The monoisotopic (exact) mass is 396 g/mol. The lowest BCUT2D eigenvalue weighted by atomic mass is 9.96. The lowest BCUT2D eigenvalue weighted by Gasteiger charge is -2.29. The fourth-order valence-corrected chi connectivity index (χ4v) is 5.48. The van der Waals surface area contributed by atoms with Crippen LogP contribution in [-0.4, -0.2) is 26.1 Å². The minimum Gasteiger partial charge on any atom is -0.352 e. The number of aryl methyl sites for hydroxylation is 1. The highest BCUT2D eigenvalue weighted by Gasteiger charge is 2.41. The zero-order valence-corrected chi connectivity index (χ0v) is 18.3. The number of nitrogens with one attached hydrogen (secondary N) is 1. The van der Waals surface area contributed by atoms with Gasteiger partial charge in [-0.25, -0.2) is 0 Å². The Morgan fingerprint density at radius 2 is 1.96 bits per heavy atom. The Morgan fingerprint density at radius 3 is 2.61 bits per heavy atom. The minimum absolute atomic E-state index is 0.0879. The average molecular weight is 397 g/mol. The molecular formula is C23H32N4S. The molecule has 28 heavy (non-hydrogen) atoms. The van der Waals surface area contributed by atoms with Crippen molar-refractivity contribution in [2.75, 3.05) is 6.54 Å². The molecule has 3 heterocycles. The highest BCUT2D eigenvalue weighted by atomic mass is 32.1. The van der Waals surface area contributed by atoms with Crippen LogP contribution in [0.4, 0.5) is 0 Å². The van der Waals surface area contributed by atoms with Crippen LogP contribution in [0.2, 0.25) is 0 Å². The van der Waals surface area contributed by atoms with E-state index in [1.165, 1.54) is 42.6 Å². The van der Waals surface area contributed by atoms with Crippen LogP contribution in [0.1, 0.15) is 80.3 Å². The molecule has 2 aromatic heterocycles. The van der Waals surface area contributed by atoms with Gasteiger partial charge in [-0.15, -0.1) is 0 Å². The molecule has 1 aliphatic heterocycles. The van der Waals surface area contributed by atoms with Gasteiger partial charge < -0.3 is 14.8 Å². The van der Waals surface area contributed by atoms with Gasteiger partial charge in [-0.1, -0.05) is 32.8 Å². The van der Waals surface area contributed by atoms with Crippen LogP contribution in [0.15, 0.2) is 30.5 Å². The Bertz CT molecular complexity index is 836. The molecule has 2 fully saturated rings. The molecule has 0 unspecified atom stereocenters. The molecule has 0 aromatic carbocycles. The zero-order chi connectivity index (χ0) is 19.8. The van der Waals surface area contributed by atoms with Crippen molar-refractivity contribution in [2.24, 2.45) is 5.92 Å². The van der Waals surface area contributed by atoms with Crippen LogP contribution < -0.4 is 5.32 Å². The molecule has 1 saturated carbocycles. The third kappa shape index (κ3) is 3.45. The first kappa shape index (κ1) is 19.4. The van der Waals surface area contributed by atoms with Gasteiger partial charge in [-0.3, -0.25) is 4.98 Å². The van der Waals surface area contributed by atoms with Crippen molar-refractivity contribution >= 4 is 17.3 Å². The van der Waals surface area contributed by atoms with E-state index in [-0.39, 0.29) is 12.1 Å².